The first kappa shape index (κ1) is 10.4. The van der Waals surface area contributed by atoms with Gasteiger partial charge in [0.1, 0.15) is 0 Å². The Bertz CT molecular complexity index is 147. The first-order valence-electron chi connectivity index (χ1n) is 3.96. The number of hydrogen-bond donors (Lipinski definition) is 2. The highest BCUT2D eigenvalue weighted by Gasteiger charge is 2.34. The molecule has 66 valence electrons. The largest absolute Gasteiger partial charge is 0.369 e. The molecule has 3 heteroatoms. The van der Waals surface area contributed by atoms with Crippen molar-refractivity contribution in [3.05, 3.63) is 0 Å². The van der Waals surface area contributed by atoms with Gasteiger partial charge in [0.25, 0.3) is 0 Å². The Morgan fingerprint density at radius 2 is 2.18 bits per heavy atom. The number of amides is 1. The van der Waals surface area contributed by atoms with Gasteiger partial charge in [-0.2, -0.15) is 0 Å². The third-order valence-electron chi connectivity index (χ3n) is 2.69. The highest BCUT2D eigenvalue weighted by Crippen LogP contribution is 2.24. The van der Waals surface area contributed by atoms with Crippen LogP contribution in [0.1, 0.15) is 27.2 Å². The molecule has 0 aliphatic carbocycles. The number of hydrogen-bond acceptors (Lipinski definition) is 2. The zero-order valence-electron chi connectivity index (χ0n) is 7.77. The molecule has 0 aliphatic heterocycles. The van der Waals surface area contributed by atoms with Crippen LogP contribution in [-0.4, -0.2) is 19.0 Å². The molecule has 0 saturated carbocycles. The van der Waals surface area contributed by atoms with E-state index in [-0.39, 0.29) is 11.9 Å². The normalized spacial score (nSPS) is 18.9. The van der Waals surface area contributed by atoms with Crippen LogP contribution in [0.15, 0.2) is 0 Å². The van der Waals surface area contributed by atoms with E-state index < -0.39 is 5.41 Å². The molecule has 0 saturated heterocycles. The second kappa shape index (κ2) is 3.72. The molecule has 0 aromatic carbocycles. The third kappa shape index (κ3) is 1.93. The number of nitrogens with two attached hydrogens (primary N) is 1. The summed E-state index contributed by atoms with van der Waals surface area (Å²) < 4.78 is 0. The minimum absolute atomic E-state index is 0.130. The number of rotatable bonds is 4. The van der Waals surface area contributed by atoms with Crippen molar-refractivity contribution < 1.29 is 4.79 Å². The fraction of sp³-hybridized carbons (Fsp3) is 0.875. The minimum Gasteiger partial charge on any atom is -0.369 e. The maximum Gasteiger partial charge on any atom is 0.224 e. The molecular weight excluding hydrogens is 140 g/mol. The number of carbonyl (C=O) groups excluding carboxylic acids is 1. The van der Waals surface area contributed by atoms with Crippen molar-refractivity contribution in [2.75, 3.05) is 7.05 Å². The highest BCUT2D eigenvalue weighted by molar-refractivity contribution is 5.81. The van der Waals surface area contributed by atoms with E-state index in [1.807, 2.05) is 27.8 Å². The molecule has 3 N–H and O–H groups in total. The molecule has 0 spiro atoms. The van der Waals surface area contributed by atoms with Gasteiger partial charge in [-0.25, -0.2) is 0 Å². The summed E-state index contributed by atoms with van der Waals surface area (Å²) in [4.78, 5) is 11.0. The summed E-state index contributed by atoms with van der Waals surface area (Å²) in [5.41, 5.74) is 4.86. The smallest absolute Gasteiger partial charge is 0.224 e. The van der Waals surface area contributed by atoms with Crippen molar-refractivity contribution in [2.24, 2.45) is 11.1 Å². The Balaban J connectivity index is 4.45. The van der Waals surface area contributed by atoms with Gasteiger partial charge < -0.3 is 11.1 Å². The van der Waals surface area contributed by atoms with Crippen LogP contribution in [0.25, 0.3) is 0 Å². The predicted octanol–water partition coefficient (Wildman–Crippen LogP) is 0.496. The number of primary amides is 1. The van der Waals surface area contributed by atoms with Gasteiger partial charge >= 0.3 is 0 Å². The van der Waals surface area contributed by atoms with Gasteiger partial charge in [0.2, 0.25) is 5.91 Å². The lowest BCUT2D eigenvalue weighted by atomic mass is 9.80. The van der Waals surface area contributed by atoms with E-state index in [0.717, 1.165) is 6.42 Å². The molecule has 11 heavy (non-hydrogen) atoms. The Morgan fingerprint density at radius 3 is 2.27 bits per heavy atom. The van der Waals surface area contributed by atoms with Crippen LogP contribution in [0.4, 0.5) is 0 Å². The SMILES string of the molecule is CCC(C)(C(N)=O)C(C)NC. The molecule has 1 amide bonds. The van der Waals surface area contributed by atoms with Crippen LogP contribution in [0.3, 0.4) is 0 Å². The monoisotopic (exact) mass is 158 g/mol. The van der Waals surface area contributed by atoms with Crippen LogP contribution in [0.5, 0.6) is 0 Å². The van der Waals surface area contributed by atoms with Crippen molar-refractivity contribution in [1.29, 1.82) is 0 Å². The summed E-state index contributed by atoms with van der Waals surface area (Å²) in [5.74, 6) is -0.234. The van der Waals surface area contributed by atoms with Gasteiger partial charge in [-0.1, -0.05) is 6.92 Å². The molecule has 0 aromatic heterocycles. The molecule has 2 unspecified atom stereocenters. The van der Waals surface area contributed by atoms with Crippen LogP contribution < -0.4 is 11.1 Å². The van der Waals surface area contributed by atoms with Crippen molar-refractivity contribution in [3.63, 3.8) is 0 Å². The van der Waals surface area contributed by atoms with Gasteiger partial charge in [0.15, 0.2) is 0 Å². The fourth-order valence-corrected chi connectivity index (χ4v) is 1.01. The molecule has 0 aliphatic rings. The summed E-state index contributed by atoms with van der Waals surface area (Å²) in [7, 11) is 1.83. The average Bonchev–Trinajstić information content (AvgIpc) is 2.01. The molecule has 0 rings (SSSR count). The molecular formula is C8H18N2O. The Hall–Kier alpha value is -0.570. The second-order valence-electron chi connectivity index (χ2n) is 3.15. The third-order valence-corrected chi connectivity index (χ3v) is 2.69. The van der Waals surface area contributed by atoms with Crippen molar-refractivity contribution >= 4 is 5.91 Å². The van der Waals surface area contributed by atoms with E-state index in [2.05, 4.69) is 5.32 Å². The Labute approximate surface area is 68.3 Å². The van der Waals surface area contributed by atoms with E-state index in [9.17, 15) is 4.79 Å². The second-order valence-corrected chi connectivity index (χ2v) is 3.15. The first-order valence-corrected chi connectivity index (χ1v) is 3.96. The van der Waals surface area contributed by atoms with Gasteiger partial charge in [-0.3, -0.25) is 4.79 Å². The molecule has 0 aromatic rings. The maximum absolute atomic E-state index is 11.0. The summed E-state index contributed by atoms with van der Waals surface area (Å²) in [6, 6.07) is 0.130. The molecule has 0 heterocycles. The standard InChI is InChI=1S/C8H18N2O/c1-5-8(3,7(9)11)6(2)10-4/h6,10H,5H2,1-4H3,(H2,9,11). The summed E-state index contributed by atoms with van der Waals surface area (Å²) >= 11 is 0. The predicted molar refractivity (Wildman–Crippen MR) is 46.1 cm³/mol. The quantitative estimate of drug-likeness (QED) is 0.626. The van der Waals surface area contributed by atoms with Crippen molar-refractivity contribution in [3.8, 4) is 0 Å². The lowest BCUT2D eigenvalue weighted by molar-refractivity contribution is -0.128. The summed E-state index contributed by atoms with van der Waals surface area (Å²) in [6.07, 6.45) is 0.768. The van der Waals surface area contributed by atoms with Crippen molar-refractivity contribution in [2.45, 2.75) is 33.2 Å². The topological polar surface area (TPSA) is 55.1 Å². The average molecular weight is 158 g/mol. The molecule has 2 atom stereocenters. The van der Waals surface area contributed by atoms with E-state index >= 15 is 0 Å². The molecule has 0 radical (unpaired) electrons. The van der Waals surface area contributed by atoms with Crippen LogP contribution in [-0.2, 0) is 4.79 Å². The highest BCUT2D eigenvalue weighted by atomic mass is 16.1. The van der Waals surface area contributed by atoms with Gasteiger partial charge in [-0.15, -0.1) is 0 Å². The van der Waals surface area contributed by atoms with Gasteiger partial charge in [0, 0.05) is 6.04 Å². The molecule has 0 bridgehead atoms. The van der Waals surface area contributed by atoms with Gasteiger partial charge in [-0.05, 0) is 27.3 Å². The zero-order valence-corrected chi connectivity index (χ0v) is 7.77. The zero-order chi connectivity index (χ0) is 9.07. The maximum atomic E-state index is 11.0. The van der Waals surface area contributed by atoms with Crippen LogP contribution >= 0.6 is 0 Å². The molecule has 0 fully saturated rings. The van der Waals surface area contributed by atoms with Crippen molar-refractivity contribution in [1.82, 2.24) is 5.32 Å². The summed E-state index contributed by atoms with van der Waals surface area (Å²) in [6.45, 7) is 5.82. The molecule has 3 nitrogen and oxygen atoms in total. The van der Waals surface area contributed by atoms with Crippen LogP contribution in [0, 0.1) is 5.41 Å². The summed E-state index contributed by atoms with van der Waals surface area (Å²) in [5, 5.41) is 3.04. The number of nitrogens with one attached hydrogen (secondary N) is 1. The van der Waals surface area contributed by atoms with E-state index in [1.165, 1.54) is 0 Å². The lowest BCUT2D eigenvalue weighted by Crippen LogP contribution is -2.48. The minimum atomic E-state index is -0.422. The Kier molecular flexibility index (Phi) is 3.52. The van der Waals surface area contributed by atoms with E-state index in [1.54, 1.807) is 0 Å². The van der Waals surface area contributed by atoms with E-state index in [0.29, 0.717) is 0 Å². The Morgan fingerprint density at radius 1 is 1.73 bits per heavy atom. The van der Waals surface area contributed by atoms with Crippen LogP contribution in [0.2, 0.25) is 0 Å². The number of carbonyl (C=O) groups is 1. The fourth-order valence-electron chi connectivity index (χ4n) is 1.01. The first-order chi connectivity index (χ1) is 4.99. The van der Waals surface area contributed by atoms with E-state index in [4.69, 9.17) is 5.73 Å². The van der Waals surface area contributed by atoms with Gasteiger partial charge in [0.05, 0.1) is 5.41 Å². The lowest BCUT2D eigenvalue weighted by Gasteiger charge is -2.30.